The van der Waals surface area contributed by atoms with Crippen molar-refractivity contribution in [2.45, 2.75) is 6.92 Å². The van der Waals surface area contributed by atoms with Gasteiger partial charge in [-0.2, -0.15) is 0 Å². The first-order valence-corrected chi connectivity index (χ1v) is 13.1. The van der Waals surface area contributed by atoms with E-state index < -0.39 is 5.97 Å². The molecule has 0 saturated heterocycles. The maximum atomic E-state index is 13.6. The van der Waals surface area contributed by atoms with Crippen molar-refractivity contribution in [2.24, 2.45) is 0 Å². The van der Waals surface area contributed by atoms with E-state index in [1.54, 1.807) is 42.5 Å². The molecule has 1 aromatic heterocycles. The summed E-state index contributed by atoms with van der Waals surface area (Å²) in [5.74, 6) is 0.941. The van der Waals surface area contributed by atoms with E-state index in [1.807, 2.05) is 61.5 Å². The molecule has 2 heterocycles. The predicted molar refractivity (Wildman–Crippen MR) is 151 cm³/mol. The minimum Gasteiger partial charge on any atom is -0.494 e. The fourth-order valence-corrected chi connectivity index (χ4v) is 4.88. The zero-order chi connectivity index (χ0) is 26.9. The van der Waals surface area contributed by atoms with Gasteiger partial charge < -0.3 is 18.6 Å². The van der Waals surface area contributed by atoms with Gasteiger partial charge in [0.05, 0.1) is 12.2 Å². The van der Waals surface area contributed by atoms with Crippen molar-refractivity contribution in [1.82, 2.24) is 0 Å². The molecule has 6 rings (SSSR count). The average molecular weight is 581 g/mol. The zero-order valence-corrected chi connectivity index (χ0v) is 22.4. The van der Waals surface area contributed by atoms with Crippen molar-refractivity contribution in [3.63, 3.8) is 0 Å². The van der Waals surface area contributed by atoms with E-state index in [0.717, 1.165) is 15.6 Å². The lowest BCUT2D eigenvalue weighted by molar-refractivity contribution is 0.0736. The number of allylic oxidation sites excluding steroid dienone is 1. The van der Waals surface area contributed by atoms with E-state index in [-0.39, 0.29) is 22.9 Å². The molecule has 4 aromatic carbocycles. The van der Waals surface area contributed by atoms with Gasteiger partial charge >= 0.3 is 5.97 Å². The average Bonchev–Trinajstić information content (AvgIpc) is 3.46. The Labute approximate surface area is 232 Å². The monoisotopic (exact) mass is 580 g/mol. The number of halogens is 1. The molecule has 7 heteroatoms. The molecular formula is C32H21BrO6. The highest BCUT2D eigenvalue weighted by Crippen LogP contribution is 2.38. The Morgan fingerprint density at radius 1 is 0.923 bits per heavy atom. The Morgan fingerprint density at radius 3 is 2.54 bits per heavy atom. The first-order valence-electron chi connectivity index (χ1n) is 12.3. The molecule has 0 bridgehead atoms. The fourth-order valence-electron chi connectivity index (χ4n) is 4.47. The minimum atomic E-state index is -0.601. The standard InChI is InChI=1S/C32H21BrO6/c1-2-36-22-12-14-26-25(17-22)29(31(39-26)20-8-4-3-5-9-20)32(35)37-23-11-13-24-27(18-23)38-28(30(24)34)16-19-7-6-10-21(33)15-19/h3-18H,2H2,1H3. The lowest BCUT2D eigenvalue weighted by Crippen LogP contribution is -2.09. The summed E-state index contributed by atoms with van der Waals surface area (Å²) < 4.78 is 24.3. The number of Topliss-reactive ketones (excluding diaryl/α,β-unsaturated/α-hetero) is 1. The summed E-state index contributed by atoms with van der Waals surface area (Å²) in [4.78, 5) is 26.5. The lowest BCUT2D eigenvalue weighted by Gasteiger charge is -2.07. The molecule has 0 fully saturated rings. The van der Waals surface area contributed by atoms with Gasteiger partial charge in [-0.3, -0.25) is 4.79 Å². The van der Waals surface area contributed by atoms with Crippen LogP contribution in [-0.4, -0.2) is 18.4 Å². The van der Waals surface area contributed by atoms with Gasteiger partial charge in [0, 0.05) is 21.5 Å². The number of ether oxygens (including phenoxy) is 3. The highest BCUT2D eigenvalue weighted by Gasteiger charge is 2.29. The van der Waals surface area contributed by atoms with Gasteiger partial charge in [-0.05, 0) is 61.0 Å². The van der Waals surface area contributed by atoms with E-state index >= 15 is 0 Å². The smallest absolute Gasteiger partial charge is 0.348 e. The molecule has 39 heavy (non-hydrogen) atoms. The van der Waals surface area contributed by atoms with Crippen LogP contribution in [0, 0.1) is 0 Å². The second-order valence-corrected chi connectivity index (χ2v) is 9.72. The Kier molecular flexibility index (Phi) is 6.50. The number of hydrogen-bond acceptors (Lipinski definition) is 6. The van der Waals surface area contributed by atoms with Crippen molar-refractivity contribution in [3.8, 4) is 28.6 Å². The van der Waals surface area contributed by atoms with Crippen LogP contribution in [0.4, 0.5) is 0 Å². The molecule has 192 valence electrons. The van der Waals surface area contributed by atoms with Crippen LogP contribution in [-0.2, 0) is 0 Å². The highest BCUT2D eigenvalue weighted by atomic mass is 79.9. The lowest BCUT2D eigenvalue weighted by atomic mass is 10.1. The SMILES string of the molecule is CCOc1ccc2oc(-c3ccccc3)c(C(=O)Oc3ccc4c(c3)OC(=Cc3cccc(Br)c3)C4=O)c2c1. The number of fused-ring (bicyclic) bond motifs is 2. The summed E-state index contributed by atoms with van der Waals surface area (Å²) in [6, 6.07) is 27.0. The van der Waals surface area contributed by atoms with E-state index in [2.05, 4.69) is 15.9 Å². The van der Waals surface area contributed by atoms with Crippen LogP contribution in [0.1, 0.15) is 33.2 Å². The number of benzene rings is 4. The van der Waals surface area contributed by atoms with E-state index in [9.17, 15) is 9.59 Å². The third-order valence-electron chi connectivity index (χ3n) is 6.21. The van der Waals surface area contributed by atoms with Gasteiger partial charge in [0.15, 0.2) is 5.76 Å². The summed E-state index contributed by atoms with van der Waals surface area (Å²) in [5.41, 5.74) is 2.78. The second kappa shape index (κ2) is 10.3. The summed E-state index contributed by atoms with van der Waals surface area (Å²) >= 11 is 3.43. The van der Waals surface area contributed by atoms with Crippen LogP contribution in [0.3, 0.4) is 0 Å². The van der Waals surface area contributed by atoms with Gasteiger partial charge in [-0.15, -0.1) is 0 Å². The van der Waals surface area contributed by atoms with Crippen molar-refractivity contribution < 1.29 is 28.2 Å². The molecule has 6 nitrogen and oxygen atoms in total. The normalized spacial score (nSPS) is 13.4. The van der Waals surface area contributed by atoms with E-state index in [1.165, 1.54) is 0 Å². The van der Waals surface area contributed by atoms with E-state index in [0.29, 0.717) is 40.4 Å². The van der Waals surface area contributed by atoms with Crippen molar-refractivity contribution in [3.05, 3.63) is 118 Å². The van der Waals surface area contributed by atoms with Crippen molar-refractivity contribution in [1.29, 1.82) is 0 Å². The number of hydrogen-bond donors (Lipinski definition) is 0. The number of esters is 1. The zero-order valence-electron chi connectivity index (χ0n) is 20.8. The largest absolute Gasteiger partial charge is 0.494 e. The number of furan rings is 1. The third-order valence-corrected chi connectivity index (χ3v) is 6.70. The van der Waals surface area contributed by atoms with Crippen LogP contribution in [0.15, 0.2) is 106 Å². The van der Waals surface area contributed by atoms with Crippen LogP contribution >= 0.6 is 15.9 Å². The molecule has 0 radical (unpaired) electrons. The Hall–Kier alpha value is -4.62. The predicted octanol–water partition coefficient (Wildman–Crippen LogP) is 8.10. The summed E-state index contributed by atoms with van der Waals surface area (Å²) in [6.07, 6.45) is 1.68. The van der Waals surface area contributed by atoms with Crippen LogP contribution in [0.25, 0.3) is 28.4 Å². The number of ketones is 1. The summed E-state index contributed by atoms with van der Waals surface area (Å²) in [7, 11) is 0. The number of carbonyl (C=O) groups is 2. The number of rotatable bonds is 6. The van der Waals surface area contributed by atoms with Crippen LogP contribution in [0.2, 0.25) is 0 Å². The van der Waals surface area contributed by atoms with Gasteiger partial charge in [0.1, 0.15) is 34.2 Å². The molecule has 0 amide bonds. The van der Waals surface area contributed by atoms with Gasteiger partial charge in [0.2, 0.25) is 5.78 Å². The molecule has 0 unspecified atom stereocenters. The molecule has 1 aliphatic heterocycles. The molecule has 5 aromatic rings. The number of carbonyl (C=O) groups excluding carboxylic acids is 2. The molecule has 0 aliphatic carbocycles. The maximum Gasteiger partial charge on any atom is 0.348 e. The molecule has 0 N–H and O–H groups in total. The molecular weight excluding hydrogens is 560 g/mol. The first kappa shape index (κ1) is 24.7. The second-order valence-electron chi connectivity index (χ2n) is 8.81. The highest BCUT2D eigenvalue weighted by molar-refractivity contribution is 9.10. The first-order chi connectivity index (χ1) is 19.0. The van der Waals surface area contributed by atoms with Gasteiger partial charge in [-0.25, -0.2) is 4.79 Å². The van der Waals surface area contributed by atoms with Gasteiger partial charge in [0.25, 0.3) is 0 Å². The Balaban J connectivity index is 1.34. The minimum absolute atomic E-state index is 0.197. The van der Waals surface area contributed by atoms with Gasteiger partial charge in [-0.1, -0.05) is 58.4 Å². The maximum absolute atomic E-state index is 13.6. The Morgan fingerprint density at radius 2 is 1.74 bits per heavy atom. The summed E-state index contributed by atoms with van der Waals surface area (Å²) in [5, 5.41) is 0.580. The molecule has 0 spiro atoms. The van der Waals surface area contributed by atoms with Crippen LogP contribution in [0.5, 0.6) is 17.2 Å². The van der Waals surface area contributed by atoms with Crippen molar-refractivity contribution >= 4 is 44.7 Å². The third kappa shape index (κ3) is 4.84. The Bertz CT molecular complexity index is 1770. The van der Waals surface area contributed by atoms with Crippen LogP contribution < -0.4 is 14.2 Å². The molecule has 0 atom stereocenters. The van der Waals surface area contributed by atoms with Crippen molar-refractivity contribution in [2.75, 3.05) is 6.61 Å². The quantitative estimate of drug-likeness (QED) is 0.115. The fraction of sp³-hybridized carbons (Fsp3) is 0.0625. The molecule has 0 saturated carbocycles. The topological polar surface area (TPSA) is 75.0 Å². The summed E-state index contributed by atoms with van der Waals surface area (Å²) in [6.45, 7) is 2.38. The van der Waals surface area contributed by atoms with E-state index in [4.69, 9.17) is 18.6 Å². The molecule has 1 aliphatic rings.